The molecule has 1 aliphatic rings. The zero-order chi connectivity index (χ0) is 19.1. The number of methoxy groups -OCH3 is 1. The number of anilines is 1. The van der Waals surface area contributed by atoms with Gasteiger partial charge >= 0.3 is 0 Å². The van der Waals surface area contributed by atoms with E-state index < -0.39 is 0 Å². The quantitative estimate of drug-likeness (QED) is 0.369. The molecule has 1 fully saturated rings. The van der Waals surface area contributed by atoms with Gasteiger partial charge in [-0.05, 0) is 23.3 Å². The summed E-state index contributed by atoms with van der Waals surface area (Å²) in [5.74, 6) is 0.821. The van der Waals surface area contributed by atoms with Gasteiger partial charge in [0.25, 0.3) is 0 Å². The zero-order valence-corrected chi connectivity index (χ0v) is 18.6. The van der Waals surface area contributed by atoms with E-state index in [0.717, 1.165) is 16.8 Å². The minimum absolute atomic E-state index is 0. The Hall–Kier alpha value is -2.13. The lowest BCUT2D eigenvalue weighted by Gasteiger charge is -2.19. The van der Waals surface area contributed by atoms with Gasteiger partial charge in [0.2, 0.25) is 5.91 Å². The number of hydrogen-bond acceptors (Lipinski definition) is 3. The number of carbonyl (C=O) groups excluding carboxylic acids is 1. The van der Waals surface area contributed by atoms with E-state index in [1.165, 1.54) is 0 Å². The second-order valence-corrected chi connectivity index (χ2v) is 6.56. The Morgan fingerprint density at radius 1 is 1.18 bits per heavy atom. The molecule has 1 unspecified atom stereocenters. The zero-order valence-electron chi connectivity index (χ0n) is 16.2. The number of halogens is 1. The SMILES string of the molecule is CN=C(NCc1cccc(COC)c1)NC1CC(=O)N(c2ccccc2)C1.I. The molecule has 7 heteroatoms. The smallest absolute Gasteiger partial charge is 0.229 e. The molecular weight excluding hydrogens is 467 g/mol. The van der Waals surface area contributed by atoms with Crippen LogP contribution in [0.2, 0.25) is 0 Å². The molecule has 1 atom stereocenters. The van der Waals surface area contributed by atoms with Crippen molar-refractivity contribution in [2.45, 2.75) is 25.6 Å². The molecule has 0 radical (unpaired) electrons. The van der Waals surface area contributed by atoms with Gasteiger partial charge in [0.15, 0.2) is 5.96 Å². The molecule has 0 aliphatic carbocycles. The van der Waals surface area contributed by atoms with Crippen LogP contribution in [0.4, 0.5) is 5.69 Å². The lowest BCUT2D eigenvalue weighted by molar-refractivity contribution is -0.117. The predicted molar refractivity (Wildman–Crippen MR) is 123 cm³/mol. The maximum atomic E-state index is 12.3. The van der Waals surface area contributed by atoms with Crippen LogP contribution in [0, 0.1) is 0 Å². The number of carbonyl (C=O) groups is 1. The maximum Gasteiger partial charge on any atom is 0.229 e. The first-order valence-electron chi connectivity index (χ1n) is 9.09. The maximum absolute atomic E-state index is 12.3. The van der Waals surface area contributed by atoms with Crippen molar-refractivity contribution in [3.05, 3.63) is 65.7 Å². The van der Waals surface area contributed by atoms with Gasteiger partial charge in [-0.1, -0.05) is 42.5 Å². The number of amides is 1. The molecule has 150 valence electrons. The summed E-state index contributed by atoms with van der Waals surface area (Å²) >= 11 is 0. The largest absolute Gasteiger partial charge is 0.380 e. The normalized spacial score (nSPS) is 16.6. The summed E-state index contributed by atoms with van der Waals surface area (Å²) in [4.78, 5) is 18.5. The van der Waals surface area contributed by atoms with E-state index in [1.807, 2.05) is 47.4 Å². The third-order valence-corrected chi connectivity index (χ3v) is 4.52. The van der Waals surface area contributed by atoms with Crippen LogP contribution in [0.15, 0.2) is 59.6 Å². The molecule has 1 aliphatic heterocycles. The van der Waals surface area contributed by atoms with Crippen LogP contribution in [-0.4, -0.2) is 38.6 Å². The standard InChI is InChI=1S/C21H26N4O2.HI/c1-22-21(23-13-16-7-6-8-17(11-16)15-27-2)24-18-12-20(26)25(14-18)19-9-4-3-5-10-19;/h3-11,18H,12-15H2,1-2H3,(H2,22,23,24);1H. The van der Waals surface area contributed by atoms with Crippen molar-refractivity contribution < 1.29 is 9.53 Å². The number of guanidine groups is 1. The molecule has 2 N–H and O–H groups in total. The first-order valence-corrected chi connectivity index (χ1v) is 9.09. The topological polar surface area (TPSA) is 66.0 Å². The molecule has 3 rings (SSSR count). The van der Waals surface area contributed by atoms with Gasteiger partial charge in [-0.25, -0.2) is 0 Å². The Kier molecular flexibility index (Phi) is 8.72. The Labute approximate surface area is 183 Å². The molecule has 28 heavy (non-hydrogen) atoms. The van der Waals surface area contributed by atoms with Crippen LogP contribution in [0.5, 0.6) is 0 Å². The van der Waals surface area contributed by atoms with Crippen LogP contribution < -0.4 is 15.5 Å². The Bertz CT molecular complexity index is 798. The van der Waals surface area contributed by atoms with Gasteiger partial charge < -0.3 is 20.3 Å². The molecule has 6 nitrogen and oxygen atoms in total. The van der Waals surface area contributed by atoms with Crippen molar-refractivity contribution in [2.24, 2.45) is 4.99 Å². The van der Waals surface area contributed by atoms with Gasteiger partial charge in [0.05, 0.1) is 12.6 Å². The van der Waals surface area contributed by atoms with E-state index in [-0.39, 0.29) is 35.9 Å². The summed E-state index contributed by atoms with van der Waals surface area (Å²) in [7, 11) is 3.43. The number of benzene rings is 2. The molecule has 1 heterocycles. The highest BCUT2D eigenvalue weighted by atomic mass is 127. The molecule has 1 amide bonds. The Balaban J connectivity index is 0.00000280. The van der Waals surface area contributed by atoms with Crippen LogP contribution in [0.1, 0.15) is 17.5 Å². The van der Waals surface area contributed by atoms with Crippen molar-refractivity contribution in [1.82, 2.24) is 10.6 Å². The highest BCUT2D eigenvalue weighted by molar-refractivity contribution is 14.0. The fourth-order valence-corrected chi connectivity index (χ4v) is 3.23. The van der Waals surface area contributed by atoms with Gasteiger partial charge in [0, 0.05) is 39.4 Å². The minimum atomic E-state index is 0. The van der Waals surface area contributed by atoms with Crippen LogP contribution in [0.3, 0.4) is 0 Å². The first kappa shape index (κ1) is 22.2. The lowest BCUT2D eigenvalue weighted by atomic mass is 10.1. The molecular formula is C21H27IN4O2. The summed E-state index contributed by atoms with van der Waals surface area (Å²) in [6.45, 7) is 1.88. The van der Waals surface area contributed by atoms with Crippen molar-refractivity contribution in [1.29, 1.82) is 0 Å². The average Bonchev–Trinajstić information content (AvgIpc) is 3.06. The van der Waals surface area contributed by atoms with E-state index in [0.29, 0.717) is 32.1 Å². The van der Waals surface area contributed by atoms with E-state index in [1.54, 1.807) is 14.2 Å². The molecule has 1 saturated heterocycles. The molecule has 2 aromatic carbocycles. The van der Waals surface area contributed by atoms with E-state index in [2.05, 4.69) is 27.8 Å². The molecule has 0 saturated carbocycles. The number of rotatable bonds is 6. The minimum Gasteiger partial charge on any atom is -0.380 e. The number of ether oxygens (including phenoxy) is 1. The number of para-hydroxylation sites is 1. The van der Waals surface area contributed by atoms with Gasteiger partial charge in [0.1, 0.15) is 0 Å². The van der Waals surface area contributed by atoms with Crippen molar-refractivity contribution >= 4 is 41.5 Å². The summed E-state index contributed by atoms with van der Waals surface area (Å²) in [6.07, 6.45) is 0.457. The lowest BCUT2D eigenvalue weighted by Crippen LogP contribution is -2.44. The van der Waals surface area contributed by atoms with Crippen molar-refractivity contribution in [3.8, 4) is 0 Å². The van der Waals surface area contributed by atoms with Gasteiger partial charge in [-0.3, -0.25) is 9.79 Å². The Morgan fingerprint density at radius 2 is 1.93 bits per heavy atom. The molecule has 0 bridgehead atoms. The number of nitrogens with one attached hydrogen (secondary N) is 2. The first-order chi connectivity index (χ1) is 13.2. The van der Waals surface area contributed by atoms with Gasteiger partial charge in [-0.15, -0.1) is 24.0 Å². The molecule has 0 aromatic heterocycles. The van der Waals surface area contributed by atoms with E-state index >= 15 is 0 Å². The Morgan fingerprint density at radius 3 is 2.64 bits per heavy atom. The van der Waals surface area contributed by atoms with Crippen LogP contribution in [0.25, 0.3) is 0 Å². The van der Waals surface area contributed by atoms with Crippen molar-refractivity contribution in [3.63, 3.8) is 0 Å². The highest BCUT2D eigenvalue weighted by Gasteiger charge is 2.30. The van der Waals surface area contributed by atoms with Crippen LogP contribution in [-0.2, 0) is 22.7 Å². The van der Waals surface area contributed by atoms with Gasteiger partial charge in [-0.2, -0.15) is 0 Å². The monoisotopic (exact) mass is 494 g/mol. The van der Waals surface area contributed by atoms with E-state index in [4.69, 9.17) is 4.74 Å². The third kappa shape index (κ3) is 5.93. The summed E-state index contributed by atoms with van der Waals surface area (Å²) in [6, 6.07) is 18.0. The second-order valence-electron chi connectivity index (χ2n) is 6.56. The summed E-state index contributed by atoms with van der Waals surface area (Å²) < 4.78 is 5.18. The fourth-order valence-electron chi connectivity index (χ4n) is 3.23. The summed E-state index contributed by atoms with van der Waals surface area (Å²) in [5, 5.41) is 6.68. The predicted octanol–water partition coefficient (Wildman–Crippen LogP) is 2.92. The number of aliphatic imine (C=N–C) groups is 1. The second kappa shape index (κ2) is 11.0. The average molecular weight is 494 g/mol. The third-order valence-electron chi connectivity index (χ3n) is 4.52. The fraction of sp³-hybridized carbons (Fsp3) is 0.333. The summed E-state index contributed by atoms with van der Waals surface area (Å²) in [5.41, 5.74) is 3.23. The molecule has 0 spiro atoms. The highest BCUT2D eigenvalue weighted by Crippen LogP contribution is 2.20. The van der Waals surface area contributed by atoms with Crippen molar-refractivity contribution in [2.75, 3.05) is 25.6 Å². The number of nitrogens with zero attached hydrogens (tertiary/aromatic N) is 2. The van der Waals surface area contributed by atoms with E-state index in [9.17, 15) is 4.79 Å². The number of hydrogen-bond donors (Lipinski definition) is 2. The van der Waals surface area contributed by atoms with Crippen LogP contribution >= 0.6 is 24.0 Å². The molecule has 2 aromatic rings.